The minimum Gasteiger partial charge on any atom is -0.347 e. The van der Waals surface area contributed by atoms with Crippen LogP contribution in [-0.2, 0) is 28.2 Å². The first kappa shape index (κ1) is 19.7. The molecule has 1 saturated heterocycles. The lowest BCUT2D eigenvalue weighted by molar-refractivity contribution is -0.134. The van der Waals surface area contributed by atoms with Crippen LogP contribution in [0.25, 0.3) is 0 Å². The maximum absolute atomic E-state index is 12.9. The average molecular weight is 402 g/mol. The quantitative estimate of drug-likeness (QED) is 0.499. The number of aromatic amines is 1. The van der Waals surface area contributed by atoms with Crippen LogP contribution in [-0.4, -0.2) is 44.1 Å². The Labute approximate surface area is 167 Å². The van der Waals surface area contributed by atoms with Crippen molar-refractivity contribution < 1.29 is 14.4 Å². The number of aryl methyl sites for hydroxylation is 1. The van der Waals surface area contributed by atoms with Gasteiger partial charge in [-0.3, -0.25) is 19.6 Å². The summed E-state index contributed by atoms with van der Waals surface area (Å²) < 4.78 is 2.22. The molecule has 1 aliphatic heterocycles. The lowest BCUT2D eigenvalue weighted by Gasteiger charge is -2.22. The summed E-state index contributed by atoms with van der Waals surface area (Å²) in [4.78, 5) is 38.4. The number of carbonyl (C=O) groups is 3. The molecule has 1 atom stereocenters. The summed E-state index contributed by atoms with van der Waals surface area (Å²) in [5.74, 6) is -0.358. The third kappa shape index (κ3) is 3.55. The molecule has 9 nitrogen and oxygen atoms in total. The van der Waals surface area contributed by atoms with Crippen molar-refractivity contribution in [3.05, 3.63) is 46.0 Å². The van der Waals surface area contributed by atoms with Gasteiger partial charge in [-0.15, -0.1) is 0 Å². The van der Waals surface area contributed by atoms with Crippen molar-refractivity contribution in [3.8, 4) is 0 Å². The van der Waals surface area contributed by atoms with Gasteiger partial charge in [-0.05, 0) is 38.6 Å². The van der Waals surface area contributed by atoms with Gasteiger partial charge in [0.15, 0.2) is 10.6 Å². The van der Waals surface area contributed by atoms with E-state index in [0.717, 1.165) is 10.5 Å². The average Bonchev–Trinajstić information content (AvgIpc) is 3.12. The zero-order valence-electron chi connectivity index (χ0n) is 15.9. The van der Waals surface area contributed by atoms with E-state index in [2.05, 4.69) is 20.8 Å². The molecule has 2 aromatic rings. The lowest BCUT2D eigenvalue weighted by atomic mass is 9.91. The second-order valence-electron chi connectivity index (χ2n) is 6.78. The first-order chi connectivity index (χ1) is 13.3. The number of imide groups is 1. The molecule has 0 saturated carbocycles. The van der Waals surface area contributed by atoms with Gasteiger partial charge < -0.3 is 15.2 Å². The minimum atomic E-state index is -1.20. The summed E-state index contributed by atoms with van der Waals surface area (Å²) in [5.41, 5.74) is 0.513. The zero-order valence-corrected chi connectivity index (χ0v) is 16.7. The number of nitrogens with one attached hydrogen (secondary N) is 3. The van der Waals surface area contributed by atoms with Gasteiger partial charge in [0.2, 0.25) is 5.91 Å². The van der Waals surface area contributed by atoms with E-state index in [1.165, 1.54) is 0 Å². The summed E-state index contributed by atoms with van der Waals surface area (Å²) in [6.45, 7) is 5.86. The molecule has 1 fully saturated rings. The summed E-state index contributed by atoms with van der Waals surface area (Å²) in [5, 5.41) is 12.1. The molecule has 3 rings (SSSR count). The molecule has 10 heteroatoms. The van der Waals surface area contributed by atoms with Gasteiger partial charge in [0.25, 0.3) is 5.91 Å². The van der Waals surface area contributed by atoms with Crippen molar-refractivity contribution in [1.82, 2.24) is 30.3 Å². The van der Waals surface area contributed by atoms with Crippen molar-refractivity contribution in [3.63, 3.8) is 0 Å². The molecule has 28 heavy (non-hydrogen) atoms. The second kappa shape index (κ2) is 7.55. The largest absolute Gasteiger partial charge is 0.347 e. The summed E-state index contributed by atoms with van der Waals surface area (Å²) in [6.07, 6.45) is 0. The highest BCUT2D eigenvalue weighted by atomic mass is 32.1. The van der Waals surface area contributed by atoms with Crippen LogP contribution >= 0.6 is 12.2 Å². The number of aromatic nitrogens is 3. The Hall–Kier alpha value is -3.01. The van der Waals surface area contributed by atoms with Crippen LogP contribution in [0.1, 0.15) is 30.8 Å². The Morgan fingerprint density at radius 3 is 2.61 bits per heavy atom. The summed E-state index contributed by atoms with van der Waals surface area (Å²) >= 11 is 5.10. The Kier molecular flexibility index (Phi) is 5.32. The number of hydrogen-bond donors (Lipinski definition) is 3. The Bertz CT molecular complexity index is 980. The number of rotatable bonds is 6. The molecule has 0 radical (unpaired) electrons. The monoisotopic (exact) mass is 402 g/mol. The van der Waals surface area contributed by atoms with E-state index < -0.39 is 23.4 Å². The molecule has 0 bridgehead atoms. The fraction of sp³-hybridized carbons (Fsp3) is 0.389. The number of hydrogen-bond acceptors (Lipinski definition) is 5. The van der Waals surface area contributed by atoms with E-state index in [-0.39, 0.29) is 13.1 Å². The number of amides is 4. The van der Waals surface area contributed by atoms with Crippen LogP contribution in [0.3, 0.4) is 0 Å². The van der Waals surface area contributed by atoms with Crippen molar-refractivity contribution in [2.45, 2.75) is 39.4 Å². The molecule has 2 heterocycles. The fourth-order valence-corrected chi connectivity index (χ4v) is 3.39. The molecule has 3 N–H and O–H groups in total. The van der Waals surface area contributed by atoms with Crippen molar-refractivity contribution in [2.75, 3.05) is 6.54 Å². The third-order valence-corrected chi connectivity index (χ3v) is 5.11. The topological polar surface area (TPSA) is 112 Å². The molecule has 1 aromatic heterocycles. The van der Waals surface area contributed by atoms with E-state index in [0.29, 0.717) is 22.7 Å². The highest BCUT2D eigenvalue weighted by Crippen LogP contribution is 2.28. The Morgan fingerprint density at radius 2 is 1.96 bits per heavy atom. The normalized spacial score (nSPS) is 19.0. The number of benzene rings is 1. The van der Waals surface area contributed by atoms with Crippen molar-refractivity contribution in [1.29, 1.82) is 0 Å². The highest BCUT2D eigenvalue weighted by Gasteiger charge is 2.49. The summed E-state index contributed by atoms with van der Waals surface area (Å²) in [7, 11) is 0. The molecule has 0 spiro atoms. The van der Waals surface area contributed by atoms with Crippen LogP contribution in [0.15, 0.2) is 24.3 Å². The van der Waals surface area contributed by atoms with Gasteiger partial charge in [-0.25, -0.2) is 4.79 Å². The zero-order chi connectivity index (χ0) is 20.5. The number of carbonyl (C=O) groups excluding carboxylic acids is 3. The molecule has 1 aliphatic rings. The van der Waals surface area contributed by atoms with E-state index in [4.69, 9.17) is 12.2 Å². The van der Waals surface area contributed by atoms with Gasteiger partial charge >= 0.3 is 6.03 Å². The van der Waals surface area contributed by atoms with E-state index in [1.807, 2.05) is 26.0 Å². The summed E-state index contributed by atoms with van der Waals surface area (Å²) in [6, 6.07) is 6.74. The van der Waals surface area contributed by atoms with E-state index in [1.54, 1.807) is 23.6 Å². The van der Waals surface area contributed by atoms with Crippen LogP contribution < -0.4 is 10.6 Å². The smallest absolute Gasteiger partial charge is 0.325 e. The second-order valence-corrected chi connectivity index (χ2v) is 7.17. The van der Waals surface area contributed by atoms with Crippen LogP contribution in [0.2, 0.25) is 0 Å². The highest BCUT2D eigenvalue weighted by molar-refractivity contribution is 7.71. The predicted octanol–water partition coefficient (Wildman–Crippen LogP) is 1.35. The third-order valence-electron chi connectivity index (χ3n) is 4.80. The Morgan fingerprint density at radius 1 is 1.29 bits per heavy atom. The standard InChI is InChI=1S/C18H22N6O3S/c1-4-23-13(21-22-17(23)28)9-19-14(25)10-24-15(26)18(3,20-16(24)27)12-7-5-11(2)6-8-12/h5-8H,4,9-10H2,1-3H3,(H,19,25)(H,20,27)(H,22,28). The van der Waals surface area contributed by atoms with Gasteiger partial charge in [-0.1, -0.05) is 29.8 Å². The van der Waals surface area contributed by atoms with Crippen LogP contribution in [0.4, 0.5) is 4.79 Å². The SMILES string of the molecule is CCn1c(CNC(=O)CN2C(=O)NC(C)(c3ccc(C)cc3)C2=O)n[nH]c1=S. The maximum Gasteiger partial charge on any atom is 0.325 e. The molecule has 0 aliphatic carbocycles. The van der Waals surface area contributed by atoms with Crippen LogP contribution in [0.5, 0.6) is 0 Å². The Balaban J connectivity index is 1.67. The number of nitrogens with zero attached hydrogens (tertiary/aromatic N) is 3. The first-order valence-corrected chi connectivity index (χ1v) is 9.29. The van der Waals surface area contributed by atoms with E-state index >= 15 is 0 Å². The van der Waals surface area contributed by atoms with Gasteiger partial charge in [0.1, 0.15) is 12.1 Å². The first-order valence-electron chi connectivity index (χ1n) is 8.88. The molecule has 1 aromatic carbocycles. The molecular formula is C18H22N6O3S. The molecule has 4 amide bonds. The van der Waals surface area contributed by atoms with Gasteiger partial charge in [-0.2, -0.15) is 5.10 Å². The van der Waals surface area contributed by atoms with Crippen LogP contribution in [0, 0.1) is 11.7 Å². The molecule has 1 unspecified atom stereocenters. The fourth-order valence-electron chi connectivity index (χ4n) is 3.11. The number of urea groups is 1. The molecule has 148 valence electrons. The lowest BCUT2D eigenvalue weighted by Crippen LogP contribution is -2.43. The predicted molar refractivity (Wildman–Crippen MR) is 104 cm³/mol. The van der Waals surface area contributed by atoms with Gasteiger partial charge in [0.05, 0.1) is 6.54 Å². The van der Waals surface area contributed by atoms with E-state index in [9.17, 15) is 14.4 Å². The van der Waals surface area contributed by atoms with Crippen molar-refractivity contribution >= 4 is 30.1 Å². The number of H-pyrrole nitrogens is 1. The van der Waals surface area contributed by atoms with Gasteiger partial charge in [0, 0.05) is 6.54 Å². The maximum atomic E-state index is 12.9. The molecular weight excluding hydrogens is 380 g/mol. The van der Waals surface area contributed by atoms with Crippen molar-refractivity contribution in [2.24, 2.45) is 0 Å². The minimum absolute atomic E-state index is 0.138.